The van der Waals surface area contributed by atoms with E-state index in [1.165, 1.54) is 0 Å². The zero-order chi connectivity index (χ0) is 17.6. The Kier molecular flexibility index (Phi) is 5.91. The van der Waals surface area contributed by atoms with Crippen LogP contribution in [0.1, 0.15) is 24.8 Å². The molecule has 136 valence electrons. The summed E-state index contributed by atoms with van der Waals surface area (Å²) in [7, 11) is 1.65. The van der Waals surface area contributed by atoms with E-state index >= 15 is 0 Å². The third kappa shape index (κ3) is 4.51. The number of hydrogen-bond acceptors (Lipinski definition) is 5. The van der Waals surface area contributed by atoms with Crippen LogP contribution in [0.15, 0.2) is 24.3 Å². The van der Waals surface area contributed by atoms with Gasteiger partial charge in [-0.1, -0.05) is 12.1 Å². The molecule has 2 aliphatic heterocycles. The van der Waals surface area contributed by atoms with Crippen LogP contribution in [-0.2, 0) is 20.7 Å². The zero-order valence-corrected chi connectivity index (χ0v) is 14.8. The number of carbonyl (C=O) groups excluding carboxylic acids is 2. The van der Waals surface area contributed by atoms with Crippen molar-refractivity contribution in [3.63, 3.8) is 0 Å². The SMILES string of the molecule is COc1ccc(CCC(=O)N2CCCN(C3CCOC3=O)CC2)cc1. The van der Waals surface area contributed by atoms with Crippen LogP contribution in [0.5, 0.6) is 5.75 Å². The molecule has 0 radical (unpaired) electrons. The first-order valence-electron chi connectivity index (χ1n) is 8.99. The molecule has 3 rings (SSSR count). The van der Waals surface area contributed by atoms with Gasteiger partial charge in [0.1, 0.15) is 11.8 Å². The summed E-state index contributed by atoms with van der Waals surface area (Å²) in [6.45, 7) is 3.56. The summed E-state index contributed by atoms with van der Waals surface area (Å²) in [4.78, 5) is 28.4. The highest BCUT2D eigenvalue weighted by molar-refractivity contribution is 5.78. The molecule has 2 heterocycles. The number of benzene rings is 1. The Bertz CT molecular complexity index is 602. The molecule has 6 nitrogen and oxygen atoms in total. The van der Waals surface area contributed by atoms with E-state index in [4.69, 9.17) is 9.47 Å². The van der Waals surface area contributed by atoms with Crippen molar-refractivity contribution < 1.29 is 19.1 Å². The fourth-order valence-corrected chi connectivity index (χ4v) is 3.52. The van der Waals surface area contributed by atoms with E-state index in [0.717, 1.165) is 50.2 Å². The second-order valence-corrected chi connectivity index (χ2v) is 6.59. The Labute approximate surface area is 148 Å². The Balaban J connectivity index is 1.48. The second kappa shape index (κ2) is 8.34. The highest BCUT2D eigenvalue weighted by Crippen LogP contribution is 2.17. The minimum absolute atomic E-state index is 0.112. The molecule has 0 aliphatic carbocycles. The van der Waals surface area contributed by atoms with Gasteiger partial charge in [0.15, 0.2) is 0 Å². The molecule has 6 heteroatoms. The lowest BCUT2D eigenvalue weighted by Gasteiger charge is -2.24. The van der Waals surface area contributed by atoms with Crippen molar-refractivity contribution in [1.82, 2.24) is 9.80 Å². The number of rotatable bonds is 5. The summed E-state index contributed by atoms with van der Waals surface area (Å²) in [6.07, 6.45) is 2.91. The van der Waals surface area contributed by atoms with E-state index in [9.17, 15) is 9.59 Å². The molecule has 2 saturated heterocycles. The number of ether oxygens (including phenoxy) is 2. The minimum atomic E-state index is -0.116. The van der Waals surface area contributed by atoms with Crippen molar-refractivity contribution in [2.75, 3.05) is 39.9 Å². The quantitative estimate of drug-likeness (QED) is 0.756. The third-order valence-corrected chi connectivity index (χ3v) is 5.02. The van der Waals surface area contributed by atoms with Crippen LogP contribution >= 0.6 is 0 Å². The van der Waals surface area contributed by atoms with Gasteiger partial charge in [0.2, 0.25) is 5.91 Å². The van der Waals surface area contributed by atoms with E-state index in [0.29, 0.717) is 19.6 Å². The first-order chi connectivity index (χ1) is 12.2. The average molecular weight is 346 g/mol. The molecular weight excluding hydrogens is 320 g/mol. The topological polar surface area (TPSA) is 59.1 Å². The summed E-state index contributed by atoms with van der Waals surface area (Å²) in [6, 6.07) is 7.73. The summed E-state index contributed by atoms with van der Waals surface area (Å²) in [5.74, 6) is 0.902. The molecule has 2 fully saturated rings. The average Bonchev–Trinajstić information content (AvgIpc) is 2.92. The molecule has 1 amide bonds. The summed E-state index contributed by atoms with van der Waals surface area (Å²) in [5, 5.41) is 0. The first kappa shape index (κ1) is 17.7. The maximum absolute atomic E-state index is 12.5. The maximum atomic E-state index is 12.5. The molecule has 0 N–H and O–H groups in total. The molecule has 2 aliphatic rings. The van der Waals surface area contributed by atoms with Gasteiger partial charge >= 0.3 is 5.97 Å². The number of esters is 1. The molecule has 1 atom stereocenters. The van der Waals surface area contributed by atoms with E-state index in [-0.39, 0.29) is 17.9 Å². The van der Waals surface area contributed by atoms with Gasteiger partial charge < -0.3 is 14.4 Å². The van der Waals surface area contributed by atoms with Crippen LogP contribution in [0.3, 0.4) is 0 Å². The Morgan fingerprint density at radius 3 is 2.68 bits per heavy atom. The fourth-order valence-electron chi connectivity index (χ4n) is 3.52. The lowest BCUT2D eigenvalue weighted by molar-refractivity contribution is -0.142. The highest BCUT2D eigenvalue weighted by Gasteiger charge is 2.33. The third-order valence-electron chi connectivity index (χ3n) is 5.02. The lowest BCUT2D eigenvalue weighted by Crippen LogP contribution is -2.41. The zero-order valence-electron chi connectivity index (χ0n) is 14.8. The van der Waals surface area contributed by atoms with Gasteiger partial charge in [0.05, 0.1) is 13.7 Å². The van der Waals surface area contributed by atoms with E-state index in [2.05, 4.69) is 4.90 Å². The van der Waals surface area contributed by atoms with Crippen molar-refractivity contribution in [3.8, 4) is 5.75 Å². The van der Waals surface area contributed by atoms with Gasteiger partial charge in [-0.05, 0) is 30.5 Å². The Morgan fingerprint density at radius 1 is 1.20 bits per heavy atom. The largest absolute Gasteiger partial charge is 0.497 e. The minimum Gasteiger partial charge on any atom is -0.497 e. The van der Waals surface area contributed by atoms with Crippen LogP contribution in [0, 0.1) is 0 Å². The predicted octanol–water partition coefficient (Wildman–Crippen LogP) is 1.48. The molecule has 1 unspecified atom stereocenters. The van der Waals surface area contributed by atoms with Crippen molar-refractivity contribution in [2.24, 2.45) is 0 Å². The van der Waals surface area contributed by atoms with Gasteiger partial charge in [-0.2, -0.15) is 0 Å². The predicted molar refractivity (Wildman–Crippen MR) is 93.4 cm³/mol. The molecule has 0 spiro atoms. The van der Waals surface area contributed by atoms with Crippen LogP contribution in [-0.4, -0.2) is 67.6 Å². The van der Waals surface area contributed by atoms with Crippen molar-refractivity contribution >= 4 is 11.9 Å². The second-order valence-electron chi connectivity index (χ2n) is 6.59. The van der Waals surface area contributed by atoms with E-state index in [1.54, 1.807) is 7.11 Å². The molecule has 0 saturated carbocycles. The molecule has 1 aromatic carbocycles. The smallest absolute Gasteiger partial charge is 0.323 e. The van der Waals surface area contributed by atoms with Gasteiger partial charge in [-0.25, -0.2) is 0 Å². The van der Waals surface area contributed by atoms with Crippen molar-refractivity contribution in [2.45, 2.75) is 31.7 Å². The van der Waals surface area contributed by atoms with Gasteiger partial charge in [-0.15, -0.1) is 0 Å². The number of carbonyl (C=O) groups is 2. The Hall–Kier alpha value is -2.08. The fraction of sp³-hybridized carbons (Fsp3) is 0.579. The number of cyclic esters (lactones) is 1. The van der Waals surface area contributed by atoms with Crippen molar-refractivity contribution in [3.05, 3.63) is 29.8 Å². The van der Waals surface area contributed by atoms with Gasteiger partial charge in [0, 0.05) is 39.0 Å². The summed E-state index contributed by atoms with van der Waals surface area (Å²) >= 11 is 0. The Morgan fingerprint density at radius 2 is 2.00 bits per heavy atom. The van der Waals surface area contributed by atoms with Crippen LogP contribution < -0.4 is 4.74 Å². The van der Waals surface area contributed by atoms with Crippen LogP contribution in [0.25, 0.3) is 0 Å². The van der Waals surface area contributed by atoms with Crippen LogP contribution in [0.2, 0.25) is 0 Å². The monoisotopic (exact) mass is 346 g/mol. The standard InChI is InChI=1S/C19H26N2O4/c1-24-16-6-3-15(4-7-16)5-8-18(22)21-11-2-10-20(12-13-21)17-9-14-25-19(17)23/h3-4,6-7,17H,2,5,8-14H2,1H3. The van der Waals surface area contributed by atoms with Crippen molar-refractivity contribution in [1.29, 1.82) is 0 Å². The number of aryl methyl sites for hydroxylation is 1. The van der Waals surface area contributed by atoms with Gasteiger partial charge in [-0.3, -0.25) is 14.5 Å². The summed E-state index contributed by atoms with van der Waals surface area (Å²) < 4.78 is 10.2. The summed E-state index contributed by atoms with van der Waals surface area (Å²) in [5.41, 5.74) is 1.14. The first-order valence-corrected chi connectivity index (χ1v) is 8.99. The maximum Gasteiger partial charge on any atom is 0.323 e. The highest BCUT2D eigenvalue weighted by atomic mass is 16.5. The number of hydrogen-bond donors (Lipinski definition) is 0. The van der Waals surface area contributed by atoms with E-state index < -0.39 is 0 Å². The lowest BCUT2D eigenvalue weighted by atomic mass is 10.1. The number of nitrogens with zero attached hydrogens (tertiary/aromatic N) is 2. The number of methoxy groups -OCH3 is 1. The molecular formula is C19H26N2O4. The molecule has 1 aromatic rings. The number of amides is 1. The van der Waals surface area contributed by atoms with Gasteiger partial charge in [0.25, 0.3) is 0 Å². The molecule has 0 bridgehead atoms. The van der Waals surface area contributed by atoms with Crippen LogP contribution in [0.4, 0.5) is 0 Å². The molecule has 25 heavy (non-hydrogen) atoms. The van der Waals surface area contributed by atoms with E-state index in [1.807, 2.05) is 29.2 Å². The molecule has 0 aromatic heterocycles. The normalized spacial score (nSPS) is 21.7.